The van der Waals surface area contributed by atoms with Gasteiger partial charge in [0.15, 0.2) is 0 Å². The van der Waals surface area contributed by atoms with Gasteiger partial charge in [-0.2, -0.15) is 0 Å². The van der Waals surface area contributed by atoms with Crippen LogP contribution in [0.25, 0.3) is 0 Å². The van der Waals surface area contributed by atoms with Crippen LogP contribution in [0.1, 0.15) is 13.8 Å². The molecule has 1 saturated heterocycles. The van der Waals surface area contributed by atoms with Crippen LogP contribution >= 0.6 is 0 Å². The van der Waals surface area contributed by atoms with E-state index in [2.05, 4.69) is 34.3 Å². The van der Waals surface area contributed by atoms with E-state index in [0.29, 0.717) is 24.6 Å². The number of rotatable bonds is 6. The van der Waals surface area contributed by atoms with Crippen LogP contribution in [0.4, 0.5) is 22.7 Å². The van der Waals surface area contributed by atoms with E-state index in [1.165, 1.54) is 0 Å². The van der Waals surface area contributed by atoms with E-state index < -0.39 is 11.8 Å². The first-order valence-corrected chi connectivity index (χ1v) is 10.0. The minimum atomic E-state index is -0.697. The summed E-state index contributed by atoms with van der Waals surface area (Å²) in [6.07, 6.45) is 0. The lowest BCUT2D eigenvalue weighted by Gasteiger charge is -2.30. The zero-order valence-electron chi connectivity index (χ0n) is 17.0. The van der Waals surface area contributed by atoms with Crippen molar-refractivity contribution in [1.29, 1.82) is 0 Å². The molecule has 7 nitrogen and oxygen atoms in total. The Bertz CT molecular complexity index is 828. The van der Waals surface area contributed by atoms with Crippen LogP contribution in [0.15, 0.2) is 48.5 Å². The molecule has 2 aromatic rings. The lowest BCUT2D eigenvalue weighted by atomic mass is 10.2. The number of para-hydroxylation sites is 2. The highest BCUT2D eigenvalue weighted by molar-refractivity contribution is 6.43. The molecule has 0 atom stereocenters. The van der Waals surface area contributed by atoms with Gasteiger partial charge in [0.1, 0.15) is 0 Å². The smallest absolute Gasteiger partial charge is 0.314 e. The molecule has 0 aromatic heterocycles. The second-order valence-corrected chi connectivity index (χ2v) is 6.74. The minimum absolute atomic E-state index is 0.586. The lowest BCUT2D eigenvalue weighted by Crippen LogP contribution is -2.37. The maximum absolute atomic E-state index is 12.4. The zero-order chi connectivity index (χ0) is 20.6. The first-order valence-electron chi connectivity index (χ1n) is 10.0. The van der Waals surface area contributed by atoms with Gasteiger partial charge in [-0.3, -0.25) is 9.59 Å². The lowest BCUT2D eigenvalue weighted by molar-refractivity contribution is -0.132. The van der Waals surface area contributed by atoms with Crippen molar-refractivity contribution in [1.82, 2.24) is 0 Å². The monoisotopic (exact) mass is 396 g/mol. The fourth-order valence-electron chi connectivity index (χ4n) is 3.37. The number of nitrogens with one attached hydrogen (secondary N) is 2. The Labute approximate surface area is 171 Å². The summed E-state index contributed by atoms with van der Waals surface area (Å²) in [7, 11) is 0. The summed E-state index contributed by atoms with van der Waals surface area (Å²) in [5.74, 6) is -1.39. The highest BCUT2D eigenvalue weighted by Gasteiger charge is 2.19. The van der Waals surface area contributed by atoms with Crippen LogP contribution in [-0.2, 0) is 14.3 Å². The normalized spacial score (nSPS) is 13.7. The summed E-state index contributed by atoms with van der Waals surface area (Å²) >= 11 is 0. The molecule has 0 saturated carbocycles. The van der Waals surface area contributed by atoms with Crippen LogP contribution < -0.4 is 20.4 Å². The van der Waals surface area contributed by atoms with Crippen LogP contribution in [-0.4, -0.2) is 51.2 Å². The molecule has 0 aliphatic carbocycles. The standard InChI is InChI=1S/C22H28N4O3/c1-3-25(4-2)18-11-9-17(10-12-18)23-21(27)22(28)24-19-7-5-6-8-20(19)26-13-15-29-16-14-26/h5-12H,3-4,13-16H2,1-2H3,(H,23,27)(H,24,28). The Morgan fingerprint density at radius 3 is 2.21 bits per heavy atom. The van der Waals surface area contributed by atoms with Gasteiger partial charge >= 0.3 is 11.8 Å². The van der Waals surface area contributed by atoms with E-state index in [-0.39, 0.29) is 0 Å². The summed E-state index contributed by atoms with van der Waals surface area (Å²) in [4.78, 5) is 29.2. The fourth-order valence-corrected chi connectivity index (χ4v) is 3.37. The molecule has 0 bridgehead atoms. The summed E-state index contributed by atoms with van der Waals surface area (Å²) < 4.78 is 5.39. The van der Waals surface area contributed by atoms with Crippen molar-refractivity contribution in [3.05, 3.63) is 48.5 Å². The fraction of sp³-hybridized carbons (Fsp3) is 0.364. The maximum Gasteiger partial charge on any atom is 0.314 e. The summed E-state index contributed by atoms with van der Waals surface area (Å²) in [6, 6.07) is 15.0. The van der Waals surface area contributed by atoms with E-state index in [1.807, 2.05) is 30.3 Å². The third-order valence-electron chi connectivity index (χ3n) is 4.96. The second kappa shape index (κ2) is 9.93. The van der Waals surface area contributed by atoms with Crippen molar-refractivity contribution in [2.45, 2.75) is 13.8 Å². The van der Waals surface area contributed by atoms with E-state index in [4.69, 9.17) is 4.74 Å². The van der Waals surface area contributed by atoms with Crippen LogP contribution in [0.2, 0.25) is 0 Å². The molecule has 1 aliphatic heterocycles. The van der Waals surface area contributed by atoms with Gasteiger partial charge in [0.25, 0.3) is 0 Å². The van der Waals surface area contributed by atoms with E-state index in [1.54, 1.807) is 18.2 Å². The summed E-state index contributed by atoms with van der Waals surface area (Å²) in [6.45, 7) is 8.80. The first kappa shape index (κ1) is 20.7. The molecule has 1 fully saturated rings. The van der Waals surface area contributed by atoms with Gasteiger partial charge in [0, 0.05) is 37.6 Å². The second-order valence-electron chi connectivity index (χ2n) is 6.74. The van der Waals surface area contributed by atoms with Crippen molar-refractivity contribution in [2.75, 3.05) is 59.8 Å². The summed E-state index contributed by atoms with van der Waals surface area (Å²) in [5.41, 5.74) is 3.17. The van der Waals surface area contributed by atoms with E-state index >= 15 is 0 Å². The number of hydrogen-bond acceptors (Lipinski definition) is 5. The van der Waals surface area contributed by atoms with Gasteiger partial charge < -0.3 is 25.2 Å². The Morgan fingerprint density at radius 2 is 1.55 bits per heavy atom. The predicted molar refractivity (Wildman–Crippen MR) is 117 cm³/mol. The number of amides is 2. The molecule has 2 aromatic carbocycles. The number of nitrogens with zero attached hydrogens (tertiary/aromatic N) is 2. The molecular formula is C22H28N4O3. The molecule has 2 amide bonds. The van der Waals surface area contributed by atoms with Crippen molar-refractivity contribution in [3.8, 4) is 0 Å². The van der Waals surface area contributed by atoms with Crippen LogP contribution in [0, 0.1) is 0 Å². The third-order valence-corrected chi connectivity index (χ3v) is 4.96. The molecule has 3 rings (SSSR count). The zero-order valence-corrected chi connectivity index (χ0v) is 17.0. The Morgan fingerprint density at radius 1 is 0.931 bits per heavy atom. The number of hydrogen-bond donors (Lipinski definition) is 2. The summed E-state index contributed by atoms with van der Waals surface area (Å²) in [5, 5.41) is 5.39. The highest BCUT2D eigenvalue weighted by atomic mass is 16.5. The highest BCUT2D eigenvalue weighted by Crippen LogP contribution is 2.26. The molecule has 0 spiro atoms. The maximum atomic E-state index is 12.4. The Kier molecular flexibility index (Phi) is 7.08. The topological polar surface area (TPSA) is 73.9 Å². The van der Waals surface area contributed by atoms with Gasteiger partial charge in [-0.25, -0.2) is 0 Å². The quantitative estimate of drug-likeness (QED) is 0.735. The molecule has 0 unspecified atom stereocenters. The van der Waals surface area contributed by atoms with Crippen molar-refractivity contribution < 1.29 is 14.3 Å². The molecule has 1 aliphatic rings. The average Bonchev–Trinajstić information content (AvgIpc) is 2.76. The van der Waals surface area contributed by atoms with Gasteiger partial charge in [0.2, 0.25) is 0 Å². The van der Waals surface area contributed by atoms with Crippen LogP contribution in [0.3, 0.4) is 0 Å². The number of carbonyl (C=O) groups excluding carboxylic acids is 2. The van der Waals surface area contributed by atoms with Crippen molar-refractivity contribution >= 4 is 34.6 Å². The molecule has 7 heteroatoms. The molecule has 2 N–H and O–H groups in total. The Balaban J connectivity index is 1.63. The number of carbonyl (C=O) groups is 2. The number of benzene rings is 2. The number of ether oxygens (including phenoxy) is 1. The molecule has 29 heavy (non-hydrogen) atoms. The van der Waals surface area contributed by atoms with Gasteiger partial charge in [-0.1, -0.05) is 12.1 Å². The van der Waals surface area contributed by atoms with Crippen molar-refractivity contribution in [2.24, 2.45) is 0 Å². The SMILES string of the molecule is CCN(CC)c1ccc(NC(=O)C(=O)Nc2ccccc2N2CCOCC2)cc1. The molecular weight excluding hydrogens is 368 g/mol. The van der Waals surface area contributed by atoms with E-state index in [9.17, 15) is 9.59 Å². The van der Waals surface area contributed by atoms with Crippen molar-refractivity contribution in [3.63, 3.8) is 0 Å². The first-order chi connectivity index (χ1) is 14.1. The number of anilines is 4. The Hall–Kier alpha value is -3.06. The number of morpholine rings is 1. The van der Waals surface area contributed by atoms with Crippen LogP contribution in [0.5, 0.6) is 0 Å². The molecule has 1 heterocycles. The molecule has 0 radical (unpaired) electrons. The largest absolute Gasteiger partial charge is 0.378 e. The van der Waals surface area contributed by atoms with Gasteiger partial charge in [-0.05, 0) is 50.2 Å². The van der Waals surface area contributed by atoms with Gasteiger partial charge in [-0.15, -0.1) is 0 Å². The van der Waals surface area contributed by atoms with E-state index in [0.717, 1.165) is 37.6 Å². The average molecular weight is 396 g/mol. The minimum Gasteiger partial charge on any atom is -0.378 e. The third kappa shape index (κ3) is 5.26. The molecule has 154 valence electrons. The van der Waals surface area contributed by atoms with Gasteiger partial charge in [0.05, 0.1) is 24.6 Å². The predicted octanol–water partition coefficient (Wildman–Crippen LogP) is 2.95.